The van der Waals surface area contributed by atoms with Crippen molar-refractivity contribution >= 4 is 12.4 Å². The molecular formula is C17H23ClN4. The van der Waals surface area contributed by atoms with E-state index in [2.05, 4.69) is 50.7 Å². The van der Waals surface area contributed by atoms with Crippen molar-refractivity contribution < 1.29 is 0 Å². The number of likely N-dealkylation sites (tertiary alicyclic amines) is 1. The third kappa shape index (κ3) is 2.91. The van der Waals surface area contributed by atoms with E-state index in [1.165, 1.54) is 55.8 Å². The Labute approximate surface area is 137 Å². The van der Waals surface area contributed by atoms with Gasteiger partial charge in [-0.25, -0.2) is 0 Å². The van der Waals surface area contributed by atoms with E-state index in [0.717, 1.165) is 6.54 Å². The van der Waals surface area contributed by atoms with Crippen molar-refractivity contribution in [3.8, 4) is 11.3 Å². The summed E-state index contributed by atoms with van der Waals surface area (Å²) in [5.41, 5.74) is 4.24. The predicted molar refractivity (Wildman–Crippen MR) is 91.1 cm³/mol. The number of benzene rings is 1. The van der Waals surface area contributed by atoms with E-state index in [0.29, 0.717) is 5.41 Å². The lowest BCUT2D eigenvalue weighted by molar-refractivity contribution is 0.269. The molecule has 0 bridgehead atoms. The molecule has 3 heterocycles. The SMILES string of the molecule is Cl.c1ccc(-c2[nH]ncc2CN2CCC3(CCNC3)C2)cc1. The van der Waals surface area contributed by atoms with Crippen molar-refractivity contribution in [2.24, 2.45) is 5.41 Å². The summed E-state index contributed by atoms with van der Waals surface area (Å²) in [5, 5.41) is 11.0. The van der Waals surface area contributed by atoms with E-state index in [9.17, 15) is 0 Å². The second-order valence-corrected chi connectivity index (χ2v) is 6.52. The lowest BCUT2D eigenvalue weighted by atomic mass is 9.86. The zero-order chi connectivity index (χ0) is 14.1. The molecule has 22 heavy (non-hydrogen) atoms. The first-order chi connectivity index (χ1) is 10.3. The number of H-pyrrole nitrogens is 1. The van der Waals surface area contributed by atoms with E-state index in [-0.39, 0.29) is 12.4 Å². The normalized spacial score (nSPS) is 24.7. The second-order valence-electron chi connectivity index (χ2n) is 6.52. The third-order valence-electron chi connectivity index (χ3n) is 5.02. The Balaban J connectivity index is 0.00000144. The van der Waals surface area contributed by atoms with Gasteiger partial charge in [0.2, 0.25) is 0 Å². The van der Waals surface area contributed by atoms with Gasteiger partial charge in [-0.1, -0.05) is 30.3 Å². The van der Waals surface area contributed by atoms with Crippen LogP contribution in [0, 0.1) is 5.41 Å². The van der Waals surface area contributed by atoms with Crippen LogP contribution in [0.2, 0.25) is 0 Å². The maximum atomic E-state index is 4.27. The second kappa shape index (κ2) is 6.41. The number of halogens is 1. The van der Waals surface area contributed by atoms with Crippen LogP contribution >= 0.6 is 12.4 Å². The summed E-state index contributed by atoms with van der Waals surface area (Å²) >= 11 is 0. The molecule has 2 aliphatic heterocycles. The van der Waals surface area contributed by atoms with Gasteiger partial charge in [0, 0.05) is 25.2 Å². The van der Waals surface area contributed by atoms with E-state index < -0.39 is 0 Å². The molecule has 118 valence electrons. The highest BCUT2D eigenvalue weighted by atomic mass is 35.5. The molecule has 1 atom stereocenters. The van der Waals surface area contributed by atoms with Gasteiger partial charge in [-0.3, -0.25) is 10.00 Å². The molecule has 1 unspecified atom stereocenters. The van der Waals surface area contributed by atoms with E-state index in [1.54, 1.807) is 0 Å². The highest BCUT2D eigenvalue weighted by Gasteiger charge is 2.40. The Bertz CT molecular complexity index is 604. The predicted octanol–water partition coefficient (Wildman–Crippen LogP) is 2.68. The van der Waals surface area contributed by atoms with Crippen LogP contribution in [-0.4, -0.2) is 41.3 Å². The molecule has 4 rings (SSSR count). The van der Waals surface area contributed by atoms with E-state index in [4.69, 9.17) is 0 Å². The first kappa shape index (κ1) is 15.5. The molecule has 1 spiro atoms. The van der Waals surface area contributed by atoms with Crippen molar-refractivity contribution in [1.29, 1.82) is 0 Å². The molecule has 2 aromatic rings. The van der Waals surface area contributed by atoms with Gasteiger partial charge in [0.15, 0.2) is 0 Å². The van der Waals surface area contributed by atoms with Crippen LogP contribution in [0.15, 0.2) is 36.5 Å². The molecule has 0 saturated carbocycles. The molecule has 1 aromatic heterocycles. The highest BCUT2D eigenvalue weighted by Crippen LogP contribution is 2.37. The Hall–Kier alpha value is -1.36. The molecule has 2 fully saturated rings. The first-order valence-electron chi connectivity index (χ1n) is 7.85. The average Bonchev–Trinajstić information content (AvgIpc) is 3.24. The number of rotatable bonds is 3. The molecule has 0 amide bonds. The van der Waals surface area contributed by atoms with Crippen molar-refractivity contribution in [3.05, 3.63) is 42.1 Å². The van der Waals surface area contributed by atoms with Crippen molar-refractivity contribution in [2.45, 2.75) is 19.4 Å². The summed E-state index contributed by atoms with van der Waals surface area (Å²) in [5.74, 6) is 0. The minimum atomic E-state index is 0. The molecule has 2 saturated heterocycles. The fourth-order valence-electron chi connectivity index (χ4n) is 3.83. The smallest absolute Gasteiger partial charge is 0.0695 e. The van der Waals surface area contributed by atoms with Crippen molar-refractivity contribution in [1.82, 2.24) is 20.4 Å². The number of nitrogens with one attached hydrogen (secondary N) is 2. The van der Waals surface area contributed by atoms with Gasteiger partial charge >= 0.3 is 0 Å². The summed E-state index contributed by atoms with van der Waals surface area (Å²) in [7, 11) is 0. The Morgan fingerprint density at radius 1 is 1.18 bits per heavy atom. The third-order valence-corrected chi connectivity index (χ3v) is 5.02. The molecule has 1 aromatic carbocycles. The molecule has 5 heteroatoms. The van der Waals surface area contributed by atoms with Crippen molar-refractivity contribution in [2.75, 3.05) is 26.2 Å². The van der Waals surface area contributed by atoms with E-state index >= 15 is 0 Å². The van der Waals surface area contributed by atoms with Crippen LogP contribution in [-0.2, 0) is 6.54 Å². The summed E-state index contributed by atoms with van der Waals surface area (Å²) in [6.07, 6.45) is 4.65. The minimum absolute atomic E-state index is 0. The zero-order valence-corrected chi connectivity index (χ0v) is 13.5. The van der Waals surface area contributed by atoms with Gasteiger partial charge in [-0.2, -0.15) is 5.10 Å². The molecular weight excluding hydrogens is 296 g/mol. The van der Waals surface area contributed by atoms with Crippen LogP contribution < -0.4 is 5.32 Å². The van der Waals surface area contributed by atoms with Gasteiger partial charge in [-0.05, 0) is 36.9 Å². The lowest BCUT2D eigenvalue weighted by Gasteiger charge is -2.22. The van der Waals surface area contributed by atoms with Gasteiger partial charge in [0.25, 0.3) is 0 Å². The van der Waals surface area contributed by atoms with Crippen LogP contribution in [0.4, 0.5) is 0 Å². The molecule has 2 aliphatic rings. The van der Waals surface area contributed by atoms with Gasteiger partial charge in [0.05, 0.1) is 11.9 Å². The average molecular weight is 319 g/mol. The number of aromatic nitrogens is 2. The summed E-state index contributed by atoms with van der Waals surface area (Å²) in [6.45, 7) is 5.82. The standard InChI is InChI=1S/C17H22N4.ClH/c1-2-4-14(5-3-1)16-15(10-19-20-16)11-21-9-7-17(13-21)6-8-18-12-17;/h1-5,10,18H,6-9,11-13H2,(H,19,20);1H. The van der Waals surface area contributed by atoms with Crippen LogP contribution in [0.3, 0.4) is 0 Å². The summed E-state index contributed by atoms with van der Waals surface area (Å²) in [6, 6.07) is 10.5. The van der Waals surface area contributed by atoms with E-state index in [1.807, 2.05) is 6.20 Å². The minimum Gasteiger partial charge on any atom is -0.316 e. The maximum absolute atomic E-state index is 4.27. The quantitative estimate of drug-likeness (QED) is 0.914. The van der Waals surface area contributed by atoms with Crippen LogP contribution in [0.1, 0.15) is 18.4 Å². The Kier molecular flexibility index (Phi) is 4.52. The van der Waals surface area contributed by atoms with Crippen LogP contribution in [0.25, 0.3) is 11.3 Å². The first-order valence-corrected chi connectivity index (χ1v) is 7.85. The van der Waals surface area contributed by atoms with Crippen molar-refractivity contribution in [3.63, 3.8) is 0 Å². The zero-order valence-electron chi connectivity index (χ0n) is 12.7. The molecule has 2 N–H and O–H groups in total. The van der Waals surface area contributed by atoms with Gasteiger partial charge in [0.1, 0.15) is 0 Å². The Morgan fingerprint density at radius 2 is 2.05 bits per heavy atom. The monoisotopic (exact) mass is 318 g/mol. The molecule has 4 nitrogen and oxygen atoms in total. The van der Waals surface area contributed by atoms with Gasteiger partial charge in [-0.15, -0.1) is 12.4 Å². The largest absolute Gasteiger partial charge is 0.316 e. The fourth-order valence-corrected chi connectivity index (χ4v) is 3.83. The highest BCUT2D eigenvalue weighted by molar-refractivity contribution is 5.85. The van der Waals surface area contributed by atoms with Crippen LogP contribution in [0.5, 0.6) is 0 Å². The fraction of sp³-hybridized carbons (Fsp3) is 0.471. The lowest BCUT2D eigenvalue weighted by Crippen LogP contribution is -2.28. The topological polar surface area (TPSA) is 44.0 Å². The molecule has 0 radical (unpaired) electrons. The number of hydrogen-bond acceptors (Lipinski definition) is 3. The number of nitrogens with zero attached hydrogens (tertiary/aromatic N) is 2. The Morgan fingerprint density at radius 3 is 2.82 bits per heavy atom. The summed E-state index contributed by atoms with van der Waals surface area (Å²) in [4.78, 5) is 2.59. The number of hydrogen-bond donors (Lipinski definition) is 2. The number of aromatic amines is 1. The maximum Gasteiger partial charge on any atom is 0.0695 e. The summed E-state index contributed by atoms with van der Waals surface area (Å²) < 4.78 is 0. The molecule has 0 aliphatic carbocycles. The van der Waals surface area contributed by atoms with Gasteiger partial charge < -0.3 is 5.32 Å².